The summed E-state index contributed by atoms with van der Waals surface area (Å²) in [4.78, 5) is 18.0. The van der Waals surface area contributed by atoms with E-state index in [4.69, 9.17) is 0 Å². The van der Waals surface area contributed by atoms with Crippen LogP contribution in [-0.4, -0.2) is 30.5 Å². The fraction of sp³-hybridized carbons (Fsp3) is 0.375. The molecule has 0 saturated carbocycles. The third-order valence-electron chi connectivity index (χ3n) is 3.84. The second-order valence-corrected chi connectivity index (χ2v) is 5.51. The number of aryl methyl sites for hydroxylation is 1. The number of anilines is 1. The molecule has 0 atom stereocenters. The van der Waals surface area contributed by atoms with Crippen molar-refractivity contribution in [2.24, 2.45) is 0 Å². The van der Waals surface area contributed by atoms with Gasteiger partial charge in [-0.1, -0.05) is 18.2 Å². The average molecular weight is 270 g/mol. The Morgan fingerprint density at radius 2 is 2.05 bits per heavy atom. The maximum Gasteiger partial charge on any atom is 0.279 e. The lowest BCUT2D eigenvalue weighted by atomic mass is 10.1. The van der Waals surface area contributed by atoms with Crippen LogP contribution in [0.25, 0.3) is 10.9 Å². The molecule has 1 saturated heterocycles. The van der Waals surface area contributed by atoms with Crippen molar-refractivity contribution < 1.29 is 9.69 Å². The first-order chi connectivity index (χ1) is 9.72. The quantitative estimate of drug-likeness (QED) is 0.879. The van der Waals surface area contributed by atoms with Gasteiger partial charge in [0.1, 0.15) is 0 Å². The number of hydrogen-bond donors (Lipinski definition) is 2. The lowest BCUT2D eigenvalue weighted by Crippen LogP contribution is -3.11. The molecule has 1 aliphatic rings. The number of fused-ring (bicyclic) bond motifs is 1. The minimum atomic E-state index is 0.0950. The standard InChI is InChI=1S/C16H19N3O/c1-12-10-15(13-6-2-3-7-14(13)17-12)18-16(20)11-19-8-4-5-9-19/h2-3,6-7,10H,4-5,8-9,11H2,1H3,(H,17,18,20)/p+1. The number of carbonyl (C=O) groups is 1. The van der Waals surface area contributed by atoms with Gasteiger partial charge in [0.05, 0.1) is 24.3 Å². The molecule has 104 valence electrons. The number of benzene rings is 1. The molecule has 2 N–H and O–H groups in total. The number of likely N-dealkylation sites (tertiary alicyclic amines) is 1. The van der Waals surface area contributed by atoms with Crippen molar-refractivity contribution >= 4 is 22.5 Å². The maximum absolute atomic E-state index is 12.2. The van der Waals surface area contributed by atoms with Crippen LogP contribution in [0.4, 0.5) is 5.69 Å². The van der Waals surface area contributed by atoms with Crippen LogP contribution in [-0.2, 0) is 4.79 Å². The molecule has 4 nitrogen and oxygen atoms in total. The summed E-state index contributed by atoms with van der Waals surface area (Å²) in [5.74, 6) is 0.0950. The Morgan fingerprint density at radius 1 is 1.30 bits per heavy atom. The van der Waals surface area contributed by atoms with Crippen LogP contribution in [0.2, 0.25) is 0 Å². The number of pyridine rings is 1. The van der Waals surface area contributed by atoms with E-state index in [1.807, 2.05) is 37.3 Å². The van der Waals surface area contributed by atoms with E-state index >= 15 is 0 Å². The van der Waals surface area contributed by atoms with Gasteiger partial charge in [-0.15, -0.1) is 0 Å². The van der Waals surface area contributed by atoms with Gasteiger partial charge >= 0.3 is 0 Å². The summed E-state index contributed by atoms with van der Waals surface area (Å²) in [6.07, 6.45) is 2.47. The summed E-state index contributed by atoms with van der Waals surface area (Å²) >= 11 is 0. The zero-order valence-electron chi connectivity index (χ0n) is 11.8. The van der Waals surface area contributed by atoms with E-state index in [-0.39, 0.29) is 5.91 Å². The Morgan fingerprint density at radius 3 is 2.85 bits per heavy atom. The number of hydrogen-bond acceptors (Lipinski definition) is 2. The number of para-hydroxylation sites is 1. The first kappa shape index (κ1) is 13.1. The van der Waals surface area contributed by atoms with Gasteiger partial charge in [-0.3, -0.25) is 9.78 Å². The average Bonchev–Trinajstić information content (AvgIpc) is 2.91. The lowest BCUT2D eigenvalue weighted by molar-refractivity contribution is -0.878. The van der Waals surface area contributed by atoms with E-state index in [9.17, 15) is 4.79 Å². The topological polar surface area (TPSA) is 46.4 Å². The Bertz CT molecular complexity index is 633. The number of rotatable bonds is 3. The highest BCUT2D eigenvalue weighted by atomic mass is 16.2. The van der Waals surface area contributed by atoms with E-state index in [0.29, 0.717) is 6.54 Å². The van der Waals surface area contributed by atoms with Gasteiger partial charge in [0, 0.05) is 23.9 Å². The molecule has 0 bridgehead atoms. The number of amides is 1. The highest BCUT2D eigenvalue weighted by Crippen LogP contribution is 2.22. The molecule has 0 spiro atoms. The molecule has 1 aromatic carbocycles. The first-order valence-corrected chi connectivity index (χ1v) is 7.22. The molecule has 1 fully saturated rings. The number of aromatic nitrogens is 1. The molecular formula is C16H20N3O+. The van der Waals surface area contributed by atoms with Crippen molar-refractivity contribution in [2.75, 3.05) is 25.0 Å². The molecule has 3 rings (SSSR count). The summed E-state index contributed by atoms with van der Waals surface area (Å²) in [6, 6.07) is 9.86. The Kier molecular flexibility index (Phi) is 3.65. The summed E-state index contributed by atoms with van der Waals surface area (Å²) in [5.41, 5.74) is 2.72. The van der Waals surface area contributed by atoms with Gasteiger partial charge in [0.15, 0.2) is 6.54 Å². The molecule has 1 amide bonds. The van der Waals surface area contributed by atoms with Gasteiger partial charge in [0.2, 0.25) is 0 Å². The fourth-order valence-corrected chi connectivity index (χ4v) is 2.88. The van der Waals surface area contributed by atoms with E-state index in [2.05, 4.69) is 10.3 Å². The number of nitrogens with zero attached hydrogens (tertiary/aromatic N) is 1. The van der Waals surface area contributed by atoms with Gasteiger partial charge < -0.3 is 10.2 Å². The summed E-state index contributed by atoms with van der Waals surface area (Å²) in [6.45, 7) is 4.75. The smallest absolute Gasteiger partial charge is 0.279 e. The molecule has 0 unspecified atom stereocenters. The SMILES string of the molecule is Cc1cc(NC(=O)C[NH+]2CCCC2)c2ccccc2n1. The third-order valence-corrected chi connectivity index (χ3v) is 3.84. The molecule has 20 heavy (non-hydrogen) atoms. The molecular weight excluding hydrogens is 250 g/mol. The van der Waals surface area contributed by atoms with E-state index in [1.165, 1.54) is 17.7 Å². The van der Waals surface area contributed by atoms with Crippen LogP contribution < -0.4 is 10.2 Å². The summed E-state index contributed by atoms with van der Waals surface area (Å²) < 4.78 is 0. The van der Waals surface area contributed by atoms with Gasteiger partial charge in [-0.2, -0.15) is 0 Å². The minimum Gasteiger partial charge on any atom is -0.327 e. The molecule has 2 heterocycles. The summed E-state index contributed by atoms with van der Waals surface area (Å²) in [5, 5.41) is 4.06. The van der Waals surface area contributed by atoms with Crippen LogP contribution in [0.15, 0.2) is 30.3 Å². The van der Waals surface area contributed by atoms with E-state index in [1.54, 1.807) is 0 Å². The number of quaternary nitrogens is 1. The largest absolute Gasteiger partial charge is 0.327 e. The van der Waals surface area contributed by atoms with Crippen molar-refractivity contribution in [3.63, 3.8) is 0 Å². The van der Waals surface area contributed by atoms with Crippen LogP contribution in [0.3, 0.4) is 0 Å². The van der Waals surface area contributed by atoms with Crippen LogP contribution in [0.5, 0.6) is 0 Å². The molecule has 4 heteroatoms. The normalized spacial score (nSPS) is 15.7. The summed E-state index contributed by atoms with van der Waals surface area (Å²) in [7, 11) is 0. The molecule has 2 aromatic rings. The van der Waals surface area contributed by atoms with Crippen molar-refractivity contribution in [3.05, 3.63) is 36.0 Å². The molecule has 0 radical (unpaired) electrons. The van der Waals surface area contributed by atoms with Gasteiger partial charge in [-0.05, 0) is 19.1 Å². The zero-order chi connectivity index (χ0) is 13.9. The fourth-order valence-electron chi connectivity index (χ4n) is 2.88. The van der Waals surface area contributed by atoms with Crippen LogP contribution in [0.1, 0.15) is 18.5 Å². The minimum absolute atomic E-state index is 0.0950. The number of nitrogens with one attached hydrogen (secondary N) is 2. The third kappa shape index (κ3) is 2.80. The molecule has 0 aliphatic carbocycles. The van der Waals surface area contributed by atoms with Gasteiger partial charge in [0.25, 0.3) is 5.91 Å². The second-order valence-electron chi connectivity index (χ2n) is 5.51. The number of carbonyl (C=O) groups excluding carboxylic acids is 1. The van der Waals surface area contributed by atoms with Crippen molar-refractivity contribution in [1.82, 2.24) is 4.98 Å². The first-order valence-electron chi connectivity index (χ1n) is 7.22. The Hall–Kier alpha value is -1.94. The predicted octanol–water partition coefficient (Wildman–Crippen LogP) is 1.16. The second kappa shape index (κ2) is 5.59. The monoisotopic (exact) mass is 270 g/mol. The molecule has 1 aliphatic heterocycles. The Labute approximate surface area is 118 Å². The Balaban J connectivity index is 1.81. The maximum atomic E-state index is 12.2. The van der Waals surface area contributed by atoms with Crippen LogP contribution in [0, 0.1) is 6.92 Å². The lowest BCUT2D eigenvalue weighted by Gasteiger charge is -2.13. The van der Waals surface area contributed by atoms with E-state index < -0.39 is 0 Å². The predicted molar refractivity (Wildman–Crippen MR) is 79.9 cm³/mol. The zero-order valence-corrected chi connectivity index (χ0v) is 11.8. The van der Waals surface area contributed by atoms with Crippen LogP contribution >= 0.6 is 0 Å². The highest BCUT2D eigenvalue weighted by molar-refractivity contribution is 6.01. The van der Waals surface area contributed by atoms with Crippen molar-refractivity contribution in [1.29, 1.82) is 0 Å². The molecule has 1 aromatic heterocycles. The van der Waals surface area contributed by atoms with Crippen molar-refractivity contribution in [3.8, 4) is 0 Å². The van der Waals surface area contributed by atoms with Crippen molar-refractivity contribution in [2.45, 2.75) is 19.8 Å². The van der Waals surface area contributed by atoms with E-state index in [0.717, 1.165) is 35.4 Å². The highest BCUT2D eigenvalue weighted by Gasteiger charge is 2.19. The van der Waals surface area contributed by atoms with Gasteiger partial charge in [-0.25, -0.2) is 0 Å².